The maximum atomic E-state index is 14.2. The third-order valence-electron chi connectivity index (χ3n) is 6.93. The van der Waals surface area contributed by atoms with Crippen molar-refractivity contribution in [2.75, 3.05) is 0 Å². The number of unbranched alkanes of at least 4 members (excludes halogenated alkanes) is 1. The Morgan fingerprint density at radius 1 is 0.725 bits per heavy atom. The van der Waals surface area contributed by atoms with Gasteiger partial charge < -0.3 is 9.67 Å². The number of hydrogen-bond acceptors (Lipinski definition) is 3. The van der Waals surface area contributed by atoms with Crippen LogP contribution in [-0.4, -0.2) is 19.6 Å². The van der Waals surface area contributed by atoms with Crippen LogP contribution >= 0.6 is 0 Å². The Bertz CT molecular complexity index is 1510. The van der Waals surface area contributed by atoms with E-state index in [9.17, 15) is 13.9 Å². The highest BCUT2D eigenvalue weighted by molar-refractivity contribution is 5.68. The largest absolute Gasteiger partial charge is 0.508 e. The average molecular weight is 538 g/mol. The van der Waals surface area contributed by atoms with Gasteiger partial charge in [0.15, 0.2) is 0 Å². The third kappa shape index (κ3) is 6.64. The number of rotatable bonds is 11. The van der Waals surface area contributed by atoms with Crippen LogP contribution in [0.3, 0.4) is 0 Å². The van der Waals surface area contributed by atoms with Gasteiger partial charge in [-0.3, -0.25) is 4.90 Å². The number of hydrogen-bond donors (Lipinski definition) is 1. The molecular weight excluding hydrogens is 504 g/mol. The Morgan fingerprint density at radius 3 is 1.95 bits per heavy atom. The van der Waals surface area contributed by atoms with Gasteiger partial charge in [-0.2, -0.15) is 0 Å². The Balaban J connectivity index is 1.62. The molecule has 0 amide bonds. The van der Waals surface area contributed by atoms with E-state index >= 15 is 0 Å². The molecule has 0 spiro atoms. The lowest BCUT2D eigenvalue weighted by molar-refractivity contribution is 0.240. The SMILES string of the molecule is CCCCn1c(-c2ccccc2)nc(-c2ccccc2)c1CN(Cc1ccc(O)cc1)Cc1cc(F)cc(F)c1. The van der Waals surface area contributed by atoms with Gasteiger partial charge in [0.25, 0.3) is 0 Å². The quantitative estimate of drug-likeness (QED) is 0.185. The minimum atomic E-state index is -0.594. The number of nitrogens with zero attached hydrogens (tertiary/aromatic N) is 3. The zero-order valence-corrected chi connectivity index (χ0v) is 22.6. The van der Waals surface area contributed by atoms with E-state index in [-0.39, 0.29) is 5.75 Å². The summed E-state index contributed by atoms with van der Waals surface area (Å²) in [5.74, 6) is -0.0869. The summed E-state index contributed by atoms with van der Waals surface area (Å²) < 4.78 is 30.6. The van der Waals surface area contributed by atoms with Crippen molar-refractivity contribution in [3.63, 3.8) is 0 Å². The molecule has 0 aliphatic heterocycles. The normalized spacial score (nSPS) is 11.3. The molecule has 0 aliphatic carbocycles. The second-order valence-corrected chi connectivity index (χ2v) is 10.1. The first-order valence-electron chi connectivity index (χ1n) is 13.7. The second-order valence-electron chi connectivity index (χ2n) is 10.1. The third-order valence-corrected chi connectivity index (χ3v) is 6.93. The lowest BCUT2D eigenvalue weighted by Gasteiger charge is -2.25. The second kappa shape index (κ2) is 12.7. The van der Waals surface area contributed by atoms with E-state index in [4.69, 9.17) is 4.98 Å². The Morgan fingerprint density at radius 2 is 1.32 bits per heavy atom. The van der Waals surface area contributed by atoms with Gasteiger partial charge in [-0.1, -0.05) is 86.1 Å². The summed E-state index contributed by atoms with van der Waals surface area (Å²) in [5, 5.41) is 9.81. The van der Waals surface area contributed by atoms with Crippen molar-refractivity contribution in [3.05, 3.63) is 132 Å². The van der Waals surface area contributed by atoms with Gasteiger partial charge in [-0.15, -0.1) is 0 Å². The Kier molecular flexibility index (Phi) is 8.67. The summed E-state index contributed by atoms with van der Waals surface area (Å²) >= 11 is 0. The zero-order valence-electron chi connectivity index (χ0n) is 22.6. The summed E-state index contributed by atoms with van der Waals surface area (Å²) in [7, 11) is 0. The summed E-state index contributed by atoms with van der Waals surface area (Å²) in [6, 6.07) is 31.1. The molecule has 0 saturated carbocycles. The van der Waals surface area contributed by atoms with Crippen molar-refractivity contribution in [3.8, 4) is 28.4 Å². The molecule has 0 unspecified atom stereocenters. The highest BCUT2D eigenvalue weighted by Crippen LogP contribution is 2.32. The molecule has 40 heavy (non-hydrogen) atoms. The smallest absolute Gasteiger partial charge is 0.140 e. The van der Waals surface area contributed by atoms with Gasteiger partial charge in [0, 0.05) is 43.4 Å². The van der Waals surface area contributed by atoms with Crippen molar-refractivity contribution < 1.29 is 13.9 Å². The van der Waals surface area contributed by atoms with Crippen LogP contribution in [-0.2, 0) is 26.2 Å². The number of benzene rings is 4. The predicted molar refractivity (Wildman–Crippen MR) is 155 cm³/mol. The van der Waals surface area contributed by atoms with Gasteiger partial charge in [0.2, 0.25) is 0 Å². The molecular formula is C34H33F2N3O. The molecule has 6 heteroatoms. The number of aromatic hydroxyl groups is 1. The molecule has 0 saturated heterocycles. The summed E-state index contributed by atoms with van der Waals surface area (Å²) in [4.78, 5) is 7.36. The number of imidazole rings is 1. The molecule has 1 aromatic heterocycles. The summed E-state index contributed by atoms with van der Waals surface area (Å²) in [5.41, 5.74) is 5.55. The fraction of sp³-hybridized carbons (Fsp3) is 0.206. The minimum absolute atomic E-state index is 0.194. The van der Waals surface area contributed by atoms with Crippen molar-refractivity contribution in [1.82, 2.24) is 14.5 Å². The van der Waals surface area contributed by atoms with E-state index in [1.807, 2.05) is 48.5 Å². The van der Waals surface area contributed by atoms with Crippen molar-refractivity contribution in [2.45, 2.75) is 45.9 Å². The Hall–Kier alpha value is -4.29. The topological polar surface area (TPSA) is 41.3 Å². The maximum absolute atomic E-state index is 14.2. The minimum Gasteiger partial charge on any atom is -0.508 e. The van der Waals surface area contributed by atoms with Crippen LogP contribution in [0.25, 0.3) is 22.6 Å². The lowest BCUT2D eigenvalue weighted by Crippen LogP contribution is -2.25. The molecule has 204 valence electrons. The molecule has 0 atom stereocenters. The lowest BCUT2D eigenvalue weighted by atomic mass is 10.1. The fourth-order valence-electron chi connectivity index (χ4n) is 5.04. The molecule has 0 aliphatic rings. The highest BCUT2D eigenvalue weighted by atomic mass is 19.1. The first kappa shape index (κ1) is 27.3. The number of phenols is 1. The predicted octanol–water partition coefficient (Wildman–Crippen LogP) is 8.20. The van der Waals surface area contributed by atoms with Gasteiger partial charge >= 0.3 is 0 Å². The monoisotopic (exact) mass is 537 g/mol. The van der Waals surface area contributed by atoms with E-state index in [0.717, 1.165) is 59.4 Å². The number of aromatic nitrogens is 2. The molecule has 0 fully saturated rings. The molecule has 5 aromatic rings. The first-order chi connectivity index (χ1) is 19.5. The van der Waals surface area contributed by atoms with Crippen LogP contribution in [0.4, 0.5) is 8.78 Å². The number of halogens is 2. The summed E-state index contributed by atoms with van der Waals surface area (Å²) in [6.07, 6.45) is 2.02. The standard InChI is InChI=1S/C34H33F2N3O/c1-2-3-18-39-32(33(27-10-6-4-7-11-27)37-34(39)28-12-8-5-9-13-28)24-38(22-25-14-16-31(40)17-15-25)23-26-19-29(35)21-30(36)20-26/h4-17,19-21,40H,2-3,18,22-24H2,1H3. The van der Waals surface area contributed by atoms with Gasteiger partial charge in [0.1, 0.15) is 23.2 Å². The van der Waals surface area contributed by atoms with Crippen LogP contribution in [0.5, 0.6) is 5.75 Å². The summed E-state index contributed by atoms with van der Waals surface area (Å²) in [6.45, 7) is 4.34. The van der Waals surface area contributed by atoms with Crippen molar-refractivity contribution in [2.24, 2.45) is 0 Å². The fourth-order valence-corrected chi connectivity index (χ4v) is 5.04. The van der Waals surface area contributed by atoms with Crippen LogP contribution in [0.1, 0.15) is 36.6 Å². The van der Waals surface area contributed by atoms with Gasteiger partial charge in [-0.05, 0) is 41.8 Å². The van der Waals surface area contributed by atoms with Crippen LogP contribution in [0, 0.1) is 11.6 Å². The molecule has 1 heterocycles. The van der Waals surface area contributed by atoms with E-state index in [0.29, 0.717) is 25.2 Å². The molecule has 4 aromatic carbocycles. The van der Waals surface area contributed by atoms with E-state index in [1.54, 1.807) is 12.1 Å². The highest BCUT2D eigenvalue weighted by Gasteiger charge is 2.22. The van der Waals surface area contributed by atoms with Crippen LogP contribution in [0.15, 0.2) is 103 Å². The zero-order chi connectivity index (χ0) is 27.9. The van der Waals surface area contributed by atoms with Crippen LogP contribution in [0.2, 0.25) is 0 Å². The van der Waals surface area contributed by atoms with Gasteiger partial charge in [0.05, 0.1) is 11.4 Å². The molecule has 0 bridgehead atoms. The van der Waals surface area contributed by atoms with E-state index in [2.05, 4.69) is 40.7 Å². The average Bonchev–Trinajstić information content (AvgIpc) is 3.31. The first-order valence-corrected chi connectivity index (χ1v) is 13.7. The Labute approximate surface area is 234 Å². The number of phenolic OH excluding ortho intramolecular Hbond substituents is 1. The molecule has 1 N–H and O–H groups in total. The molecule has 5 rings (SSSR count). The van der Waals surface area contributed by atoms with Crippen molar-refractivity contribution in [1.29, 1.82) is 0 Å². The maximum Gasteiger partial charge on any atom is 0.140 e. The van der Waals surface area contributed by atoms with Crippen molar-refractivity contribution >= 4 is 0 Å². The van der Waals surface area contributed by atoms with Crippen LogP contribution < -0.4 is 0 Å². The van der Waals surface area contributed by atoms with Gasteiger partial charge in [-0.25, -0.2) is 13.8 Å². The van der Waals surface area contributed by atoms with E-state index in [1.165, 1.54) is 12.1 Å². The molecule has 0 radical (unpaired) electrons. The molecule has 4 nitrogen and oxygen atoms in total. The van der Waals surface area contributed by atoms with E-state index < -0.39 is 11.6 Å².